The molecule has 30 heavy (non-hydrogen) atoms. The minimum atomic E-state index is -1.05. The summed E-state index contributed by atoms with van der Waals surface area (Å²) in [7, 11) is 5.12. The minimum Gasteiger partial charge on any atom is -0.460 e. The molecule has 0 aliphatic carbocycles. The fraction of sp³-hybridized carbons (Fsp3) is 0.304. The number of fused-ring (bicyclic) bond motifs is 1. The van der Waals surface area contributed by atoms with Crippen LogP contribution < -0.4 is 10.6 Å². The van der Waals surface area contributed by atoms with Crippen molar-refractivity contribution in [3.05, 3.63) is 65.4 Å². The van der Waals surface area contributed by atoms with E-state index in [1.165, 1.54) is 5.56 Å². The van der Waals surface area contributed by atoms with E-state index < -0.39 is 23.0 Å². The van der Waals surface area contributed by atoms with Gasteiger partial charge in [0.1, 0.15) is 23.5 Å². The average Bonchev–Trinajstić information content (AvgIpc) is 3.02. The van der Waals surface area contributed by atoms with Crippen molar-refractivity contribution >= 4 is 28.5 Å². The second-order valence-electron chi connectivity index (χ2n) is 8.00. The predicted molar refractivity (Wildman–Crippen MR) is 116 cm³/mol. The van der Waals surface area contributed by atoms with Crippen molar-refractivity contribution in [1.29, 1.82) is 0 Å². The smallest absolute Gasteiger partial charge is 0.350 e. The molecule has 0 saturated heterocycles. The third kappa shape index (κ3) is 3.94. The highest BCUT2D eigenvalue weighted by Crippen LogP contribution is 2.32. The number of amides is 2. The van der Waals surface area contributed by atoms with E-state index in [0.717, 1.165) is 5.69 Å². The number of likely N-dealkylation sites (N-methyl/N-ethyl adjacent to an activating group) is 1. The Balaban J connectivity index is 2.01. The number of aliphatic hydroxyl groups excluding tert-OH is 1. The number of benzene rings is 2. The lowest BCUT2D eigenvalue weighted by Crippen LogP contribution is -2.60. The monoisotopic (exact) mass is 410 g/mol. The number of hydrogen-bond acceptors (Lipinski definition) is 5. The summed E-state index contributed by atoms with van der Waals surface area (Å²) < 4.78 is 5.42. The van der Waals surface area contributed by atoms with E-state index in [1.54, 1.807) is 21.0 Å². The molecule has 2 amide bonds. The van der Waals surface area contributed by atoms with Crippen LogP contribution in [0.5, 0.6) is 0 Å². The predicted octanol–water partition coefficient (Wildman–Crippen LogP) is 2.44. The SMILES string of the molecule is Cc1oc2ccc(N(C)Cc3ccccc3)cc2c1C(=O)[N+](C)(C)C(CO)C(N)=O. The maximum Gasteiger partial charge on any atom is 0.350 e. The first-order valence-electron chi connectivity index (χ1n) is 9.73. The molecule has 1 unspecified atom stereocenters. The topological polar surface area (TPSA) is 96.8 Å². The van der Waals surface area contributed by atoms with Crippen molar-refractivity contribution in [2.24, 2.45) is 5.73 Å². The van der Waals surface area contributed by atoms with Gasteiger partial charge in [0, 0.05) is 24.7 Å². The lowest BCUT2D eigenvalue weighted by molar-refractivity contribution is -0.825. The summed E-state index contributed by atoms with van der Waals surface area (Å²) in [4.78, 5) is 27.3. The molecule has 0 aliphatic rings. The summed E-state index contributed by atoms with van der Waals surface area (Å²) in [5.74, 6) is -0.609. The Bertz CT molecular complexity index is 1070. The lowest BCUT2D eigenvalue weighted by atomic mass is 10.1. The highest BCUT2D eigenvalue weighted by Gasteiger charge is 2.42. The largest absolute Gasteiger partial charge is 0.460 e. The van der Waals surface area contributed by atoms with Crippen molar-refractivity contribution in [1.82, 2.24) is 0 Å². The van der Waals surface area contributed by atoms with Crippen LogP contribution in [0.25, 0.3) is 11.0 Å². The van der Waals surface area contributed by atoms with Crippen LogP contribution in [0.3, 0.4) is 0 Å². The highest BCUT2D eigenvalue weighted by atomic mass is 16.3. The van der Waals surface area contributed by atoms with Gasteiger partial charge in [0.05, 0.1) is 14.1 Å². The van der Waals surface area contributed by atoms with Crippen LogP contribution >= 0.6 is 0 Å². The van der Waals surface area contributed by atoms with Crippen molar-refractivity contribution in [3.63, 3.8) is 0 Å². The number of furan rings is 1. The van der Waals surface area contributed by atoms with Gasteiger partial charge in [0.15, 0.2) is 6.04 Å². The van der Waals surface area contributed by atoms with E-state index in [1.807, 2.05) is 43.4 Å². The van der Waals surface area contributed by atoms with Gasteiger partial charge in [-0.1, -0.05) is 30.3 Å². The van der Waals surface area contributed by atoms with Crippen LogP contribution in [0.2, 0.25) is 0 Å². The summed E-state index contributed by atoms with van der Waals surface area (Å²) in [6, 6.07) is 14.8. The number of carbonyl (C=O) groups excluding carboxylic acids is 2. The molecule has 3 N–H and O–H groups in total. The second kappa shape index (κ2) is 8.30. The molecule has 0 radical (unpaired) electrons. The number of anilines is 1. The first-order chi connectivity index (χ1) is 14.2. The van der Waals surface area contributed by atoms with Crippen LogP contribution in [0.4, 0.5) is 5.69 Å². The van der Waals surface area contributed by atoms with Gasteiger partial charge in [0.25, 0.3) is 5.91 Å². The van der Waals surface area contributed by atoms with E-state index in [0.29, 0.717) is 28.8 Å². The van der Waals surface area contributed by atoms with E-state index in [4.69, 9.17) is 10.2 Å². The molecule has 0 saturated carbocycles. The summed E-state index contributed by atoms with van der Waals surface area (Å²) in [5, 5.41) is 10.3. The Morgan fingerprint density at radius 2 is 1.83 bits per heavy atom. The van der Waals surface area contributed by atoms with Crippen LogP contribution in [0, 0.1) is 6.92 Å². The first-order valence-corrected chi connectivity index (χ1v) is 9.73. The van der Waals surface area contributed by atoms with E-state index in [9.17, 15) is 14.7 Å². The molecule has 0 spiro atoms. The number of carbonyl (C=O) groups is 2. The molecular weight excluding hydrogens is 382 g/mol. The molecule has 0 aliphatic heterocycles. The molecule has 1 heterocycles. The van der Waals surface area contributed by atoms with Crippen molar-refractivity contribution in [3.8, 4) is 0 Å². The number of nitrogens with zero attached hydrogens (tertiary/aromatic N) is 2. The quantitative estimate of drug-likeness (QED) is 0.583. The summed E-state index contributed by atoms with van der Waals surface area (Å²) in [5.41, 5.74) is 8.50. The Kier molecular flexibility index (Phi) is 5.96. The number of primary amides is 1. The van der Waals surface area contributed by atoms with E-state index in [2.05, 4.69) is 17.0 Å². The Labute approximate surface area is 175 Å². The maximum atomic E-state index is 13.4. The molecular formula is C23H28N3O4+. The second-order valence-corrected chi connectivity index (χ2v) is 8.00. The molecule has 3 rings (SSSR count). The van der Waals surface area contributed by atoms with Crippen molar-refractivity contribution < 1.29 is 23.6 Å². The van der Waals surface area contributed by atoms with Gasteiger partial charge >= 0.3 is 5.91 Å². The zero-order chi connectivity index (χ0) is 22.1. The third-order valence-electron chi connectivity index (χ3n) is 5.57. The van der Waals surface area contributed by atoms with Crippen LogP contribution in [-0.2, 0) is 11.3 Å². The minimum absolute atomic E-state index is 0.341. The van der Waals surface area contributed by atoms with E-state index in [-0.39, 0.29) is 5.91 Å². The Hall–Kier alpha value is -3.16. The molecule has 1 atom stereocenters. The number of aryl methyl sites for hydroxylation is 1. The molecule has 0 fully saturated rings. The summed E-state index contributed by atoms with van der Waals surface area (Å²) in [6.07, 6.45) is 0. The van der Waals surface area contributed by atoms with Gasteiger partial charge in [-0.3, -0.25) is 4.79 Å². The first kappa shape index (κ1) is 21.5. The summed E-state index contributed by atoms with van der Waals surface area (Å²) in [6.45, 7) is 1.91. The van der Waals surface area contributed by atoms with E-state index >= 15 is 0 Å². The van der Waals surface area contributed by atoms with Gasteiger partial charge < -0.3 is 20.2 Å². The maximum absolute atomic E-state index is 13.4. The van der Waals surface area contributed by atoms with Gasteiger partial charge in [0.2, 0.25) is 0 Å². The highest BCUT2D eigenvalue weighted by molar-refractivity contribution is 6.05. The average molecular weight is 410 g/mol. The number of hydrogen-bond donors (Lipinski definition) is 2. The number of aliphatic hydroxyl groups is 1. The fourth-order valence-corrected chi connectivity index (χ4v) is 3.70. The molecule has 158 valence electrons. The van der Waals surface area contributed by atoms with Crippen molar-refractivity contribution in [2.45, 2.75) is 19.5 Å². The standard InChI is InChI=1S/C23H27N3O4/c1-15-21(23(29)26(3,4)19(14-27)22(24)28)18-12-17(10-11-20(18)30-15)25(2)13-16-8-6-5-7-9-16/h5-12,19,27H,13-14H2,1-4H3,(H-,24,28)/p+1. The molecule has 3 aromatic rings. The zero-order valence-corrected chi connectivity index (χ0v) is 17.8. The van der Waals surface area contributed by atoms with Crippen LogP contribution in [0.15, 0.2) is 52.9 Å². The molecule has 2 aromatic carbocycles. The van der Waals surface area contributed by atoms with Crippen LogP contribution in [0.1, 0.15) is 21.7 Å². The Morgan fingerprint density at radius 3 is 2.43 bits per heavy atom. The van der Waals surface area contributed by atoms with Gasteiger partial charge in [-0.2, -0.15) is 0 Å². The fourth-order valence-electron chi connectivity index (χ4n) is 3.70. The number of rotatable bonds is 7. The normalized spacial score (nSPS) is 12.7. The lowest BCUT2D eigenvalue weighted by Gasteiger charge is -2.32. The van der Waals surface area contributed by atoms with Gasteiger partial charge in [-0.25, -0.2) is 9.28 Å². The third-order valence-corrected chi connectivity index (χ3v) is 5.57. The number of nitrogens with two attached hydrogens (primary N) is 1. The molecule has 7 heteroatoms. The van der Waals surface area contributed by atoms with Gasteiger partial charge in [-0.05, 0) is 30.7 Å². The van der Waals surface area contributed by atoms with Crippen LogP contribution in [-0.4, -0.2) is 55.2 Å². The number of quaternary nitrogens is 1. The molecule has 7 nitrogen and oxygen atoms in total. The molecule has 0 bridgehead atoms. The molecule has 1 aromatic heterocycles. The van der Waals surface area contributed by atoms with Crippen molar-refractivity contribution in [2.75, 3.05) is 32.6 Å². The van der Waals surface area contributed by atoms with Gasteiger partial charge in [-0.15, -0.1) is 0 Å². The Morgan fingerprint density at radius 1 is 1.17 bits per heavy atom. The zero-order valence-electron chi connectivity index (χ0n) is 17.8. The summed E-state index contributed by atoms with van der Waals surface area (Å²) >= 11 is 0.